The van der Waals surface area contributed by atoms with E-state index in [0.29, 0.717) is 0 Å². The quantitative estimate of drug-likeness (QED) is 0.388. The van der Waals surface area contributed by atoms with Crippen molar-refractivity contribution in [2.24, 2.45) is 0 Å². The largest absolute Gasteiger partial charge is 0.324 e. The number of imidazole rings is 1. The number of hydrogen-bond acceptors (Lipinski definition) is 3. The molecule has 0 bridgehead atoms. The van der Waals surface area contributed by atoms with E-state index in [1.54, 1.807) is 6.20 Å². The molecule has 0 aliphatic rings. The number of aromatic nitrogens is 2. The van der Waals surface area contributed by atoms with E-state index in [2.05, 4.69) is 50.5 Å². The zero-order valence-corrected chi connectivity index (χ0v) is 17.6. The fourth-order valence-electron chi connectivity index (χ4n) is 3.04. The minimum atomic E-state index is -0.0676. The Morgan fingerprint density at radius 3 is 2.82 bits per heavy atom. The summed E-state index contributed by atoms with van der Waals surface area (Å²) in [7, 11) is 0. The molecular formula is C22H18BrN3OS. The van der Waals surface area contributed by atoms with Crippen LogP contribution >= 0.6 is 27.7 Å². The van der Waals surface area contributed by atoms with Crippen LogP contribution in [-0.4, -0.2) is 21.2 Å². The van der Waals surface area contributed by atoms with Crippen molar-refractivity contribution in [2.45, 2.75) is 12.1 Å². The van der Waals surface area contributed by atoms with Crippen molar-refractivity contribution in [2.75, 3.05) is 11.1 Å². The van der Waals surface area contributed by atoms with Crippen molar-refractivity contribution in [1.29, 1.82) is 0 Å². The molecule has 6 heteroatoms. The van der Waals surface area contributed by atoms with Crippen LogP contribution in [0.1, 0.15) is 5.56 Å². The number of thioether (sulfide) groups is 1. The maximum Gasteiger partial charge on any atom is 0.234 e. The highest BCUT2D eigenvalue weighted by Gasteiger charge is 2.12. The Morgan fingerprint density at radius 2 is 1.96 bits per heavy atom. The normalized spacial score (nSPS) is 10.9. The highest BCUT2D eigenvalue weighted by atomic mass is 79.9. The number of benzene rings is 3. The molecule has 0 unspecified atom stereocenters. The number of carbonyl (C=O) groups excluding carboxylic acids is 1. The van der Waals surface area contributed by atoms with Crippen LogP contribution in [0.15, 0.2) is 82.7 Å². The lowest BCUT2D eigenvalue weighted by Crippen LogP contribution is -2.15. The fraction of sp³-hybridized carbons (Fsp3) is 0.0909. The average Bonchev–Trinajstić information content (AvgIpc) is 3.16. The van der Waals surface area contributed by atoms with E-state index in [1.165, 1.54) is 17.1 Å². The summed E-state index contributed by atoms with van der Waals surface area (Å²) in [6.45, 7) is 2.01. The van der Waals surface area contributed by atoms with Crippen molar-refractivity contribution in [3.8, 4) is 5.69 Å². The molecular weight excluding hydrogens is 434 g/mol. The second kappa shape index (κ2) is 8.20. The van der Waals surface area contributed by atoms with Gasteiger partial charge in [0.05, 0.1) is 17.1 Å². The van der Waals surface area contributed by atoms with E-state index < -0.39 is 0 Å². The number of amides is 1. The number of fused-ring (bicyclic) bond motifs is 1. The Bertz CT molecular complexity index is 1150. The fourth-order valence-corrected chi connectivity index (χ4v) is 4.39. The summed E-state index contributed by atoms with van der Waals surface area (Å²) >= 11 is 4.91. The molecule has 0 spiro atoms. The van der Waals surface area contributed by atoms with Crippen LogP contribution in [0.5, 0.6) is 0 Å². The molecule has 0 fully saturated rings. The molecule has 4 rings (SSSR count). The number of aryl methyl sites for hydroxylation is 1. The Labute approximate surface area is 176 Å². The number of hydrogen-bond donors (Lipinski definition) is 1. The van der Waals surface area contributed by atoms with Gasteiger partial charge in [-0.25, -0.2) is 4.98 Å². The summed E-state index contributed by atoms with van der Waals surface area (Å²) in [4.78, 5) is 16.9. The molecule has 0 saturated carbocycles. The Kier molecular flexibility index (Phi) is 5.50. The third-order valence-corrected chi connectivity index (χ3v) is 5.99. The lowest BCUT2D eigenvalue weighted by Gasteiger charge is -2.11. The van der Waals surface area contributed by atoms with E-state index in [1.807, 2.05) is 54.1 Å². The zero-order chi connectivity index (χ0) is 19.5. The summed E-state index contributed by atoms with van der Waals surface area (Å²) < 4.78 is 2.91. The highest BCUT2D eigenvalue weighted by Crippen LogP contribution is 2.27. The maximum absolute atomic E-state index is 12.4. The molecule has 4 aromatic rings. The molecule has 1 N–H and O–H groups in total. The molecule has 0 saturated heterocycles. The van der Waals surface area contributed by atoms with Crippen LogP contribution in [0.2, 0.25) is 0 Å². The van der Waals surface area contributed by atoms with Crippen LogP contribution in [0.25, 0.3) is 16.5 Å². The number of nitrogens with one attached hydrogen (secondary N) is 1. The van der Waals surface area contributed by atoms with Gasteiger partial charge in [-0.3, -0.25) is 9.36 Å². The number of carbonyl (C=O) groups is 1. The van der Waals surface area contributed by atoms with Crippen molar-refractivity contribution in [3.63, 3.8) is 0 Å². The molecule has 0 atom stereocenters. The monoisotopic (exact) mass is 451 g/mol. The van der Waals surface area contributed by atoms with Crippen molar-refractivity contribution < 1.29 is 4.79 Å². The Hall–Kier alpha value is -2.57. The molecule has 140 valence electrons. The van der Waals surface area contributed by atoms with Gasteiger partial charge < -0.3 is 5.32 Å². The SMILES string of the molecule is Cc1ccc(NC(=O)CSc2nccn2-c2cccc3ccccc23)c(Br)c1. The predicted octanol–water partition coefficient (Wildman–Crippen LogP) is 5.83. The zero-order valence-electron chi connectivity index (χ0n) is 15.2. The molecule has 28 heavy (non-hydrogen) atoms. The van der Waals surface area contributed by atoms with Crippen molar-refractivity contribution >= 4 is 50.1 Å². The van der Waals surface area contributed by atoms with Crippen LogP contribution in [-0.2, 0) is 4.79 Å². The summed E-state index contributed by atoms with van der Waals surface area (Å²) in [5.74, 6) is 0.212. The first-order chi connectivity index (χ1) is 13.6. The predicted molar refractivity (Wildman–Crippen MR) is 119 cm³/mol. The minimum Gasteiger partial charge on any atom is -0.324 e. The first-order valence-electron chi connectivity index (χ1n) is 8.82. The standard InChI is InChI=1S/C22H18BrN3OS/c1-15-9-10-19(18(23)13-15)25-21(27)14-28-22-24-11-12-26(22)20-8-4-6-16-5-2-3-7-17(16)20/h2-13H,14H2,1H3,(H,25,27). The maximum atomic E-state index is 12.4. The molecule has 0 radical (unpaired) electrons. The van der Waals surface area contributed by atoms with E-state index in [9.17, 15) is 4.79 Å². The van der Waals surface area contributed by atoms with Gasteiger partial charge in [-0.2, -0.15) is 0 Å². The van der Waals surface area contributed by atoms with Crippen LogP contribution in [0.4, 0.5) is 5.69 Å². The molecule has 0 aliphatic heterocycles. The number of rotatable bonds is 5. The third-order valence-electron chi connectivity index (χ3n) is 4.36. The van der Waals surface area contributed by atoms with E-state index in [4.69, 9.17) is 0 Å². The van der Waals surface area contributed by atoms with Gasteiger partial charge in [0.1, 0.15) is 0 Å². The Balaban J connectivity index is 1.51. The van der Waals surface area contributed by atoms with Gasteiger partial charge in [0.2, 0.25) is 5.91 Å². The van der Waals surface area contributed by atoms with Crippen molar-refractivity contribution in [3.05, 3.63) is 83.1 Å². The van der Waals surface area contributed by atoms with Crippen molar-refractivity contribution in [1.82, 2.24) is 9.55 Å². The van der Waals surface area contributed by atoms with E-state index >= 15 is 0 Å². The number of nitrogens with zero attached hydrogens (tertiary/aromatic N) is 2. The summed E-state index contributed by atoms with van der Waals surface area (Å²) in [5, 5.41) is 6.06. The molecule has 1 heterocycles. The molecule has 0 aliphatic carbocycles. The topological polar surface area (TPSA) is 46.9 Å². The van der Waals surface area contributed by atoms with Gasteiger partial charge >= 0.3 is 0 Å². The van der Waals surface area contributed by atoms with Gasteiger partial charge in [0.15, 0.2) is 5.16 Å². The third kappa shape index (κ3) is 3.98. The first kappa shape index (κ1) is 18.8. The van der Waals surface area contributed by atoms with Gasteiger partial charge in [0.25, 0.3) is 0 Å². The first-order valence-corrected chi connectivity index (χ1v) is 10.6. The van der Waals surface area contributed by atoms with Gasteiger partial charge in [-0.15, -0.1) is 0 Å². The second-order valence-corrected chi connectivity index (χ2v) is 8.20. The van der Waals surface area contributed by atoms with Gasteiger partial charge in [-0.05, 0) is 52.0 Å². The van der Waals surface area contributed by atoms with Crippen LogP contribution in [0.3, 0.4) is 0 Å². The van der Waals surface area contributed by atoms with E-state index in [-0.39, 0.29) is 11.7 Å². The Morgan fingerprint density at radius 1 is 1.14 bits per heavy atom. The molecule has 1 amide bonds. The van der Waals surface area contributed by atoms with Crippen LogP contribution < -0.4 is 5.32 Å². The lowest BCUT2D eigenvalue weighted by atomic mass is 10.1. The molecule has 4 nitrogen and oxygen atoms in total. The summed E-state index contributed by atoms with van der Waals surface area (Å²) in [6.07, 6.45) is 3.69. The minimum absolute atomic E-state index is 0.0676. The average molecular weight is 452 g/mol. The molecule has 1 aromatic heterocycles. The number of halogens is 1. The lowest BCUT2D eigenvalue weighted by molar-refractivity contribution is -0.113. The molecule has 3 aromatic carbocycles. The van der Waals surface area contributed by atoms with Crippen LogP contribution in [0, 0.1) is 6.92 Å². The summed E-state index contributed by atoms with van der Waals surface area (Å²) in [5.41, 5.74) is 2.96. The smallest absolute Gasteiger partial charge is 0.234 e. The second-order valence-electron chi connectivity index (χ2n) is 6.40. The van der Waals surface area contributed by atoms with Gasteiger partial charge in [-0.1, -0.05) is 54.2 Å². The highest BCUT2D eigenvalue weighted by molar-refractivity contribution is 9.10. The van der Waals surface area contributed by atoms with E-state index in [0.717, 1.165) is 32.0 Å². The summed E-state index contributed by atoms with van der Waals surface area (Å²) in [6, 6.07) is 20.3. The number of anilines is 1. The van der Waals surface area contributed by atoms with Gasteiger partial charge in [0, 0.05) is 22.3 Å².